The molecule has 3 aromatic carbocycles. The van der Waals surface area contributed by atoms with Gasteiger partial charge in [-0.25, -0.2) is 0 Å². The minimum absolute atomic E-state index is 0.280. The first-order valence-electron chi connectivity index (χ1n) is 7.74. The Labute approximate surface area is 139 Å². The molecular weight excluding hydrogens is 309 g/mol. The van der Waals surface area contributed by atoms with Gasteiger partial charge in [-0.15, -0.1) is 0 Å². The maximum absolute atomic E-state index is 12.4. The predicted octanol–water partition coefficient (Wildman–Crippen LogP) is 6.43. The summed E-state index contributed by atoms with van der Waals surface area (Å²) in [6.45, 7) is 2.05. The molecule has 0 bridgehead atoms. The topological polar surface area (TPSA) is 0 Å². The summed E-state index contributed by atoms with van der Waals surface area (Å²) in [5.74, 6) is 0. The first-order chi connectivity index (χ1) is 11.4. The van der Waals surface area contributed by atoms with Crippen molar-refractivity contribution in [2.45, 2.75) is 19.5 Å². The van der Waals surface area contributed by atoms with Crippen LogP contribution >= 0.6 is 0 Å². The number of halogens is 3. The Morgan fingerprint density at radius 3 is 1.29 bits per heavy atom. The summed E-state index contributed by atoms with van der Waals surface area (Å²) >= 11 is 0. The highest BCUT2D eigenvalue weighted by Gasteiger charge is 2.27. The van der Waals surface area contributed by atoms with Gasteiger partial charge in [-0.3, -0.25) is 0 Å². The molecule has 0 aliphatic heterocycles. The minimum atomic E-state index is -4.17. The second-order valence-corrected chi connectivity index (χ2v) is 5.93. The summed E-state index contributed by atoms with van der Waals surface area (Å²) < 4.78 is 37.2. The van der Waals surface area contributed by atoms with E-state index in [4.69, 9.17) is 0 Å². The van der Waals surface area contributed by atoms with Crippen LogP contribution < -0.4 is 0 Å². The molecule has 3 rings (SSSR count). The molecule has 0 heterocycles. The van der Waals surface area contributed by atoms with Crippen molar-refractivity contribution in [3.05, 3.63) is 83.9 Å². The van der Waals surface area contributed by atoms with Crippen LogP contribution in [0.5, 0.6) is 0 Å². The summed E-state index contributed by atoms with van der Waals surface area (Å²) in [5.41, 5.74) is 5.66. The average Bonchev–Trinajstić information content (AvgIpc) is 2.55. The van der Waals surface area contributed by atoms with Gasteiger partial charge in [-0.1, -0.05) is 78.4 Å². The lowest BCUT2D eigenvalue weighted by molar-refractivity contribution is -0.127. The van der Waals surface area contributed by atoms with Gasteiger partial charge < -0.3 is 0 Å². The molecule has 0 aliphatic carbocycles. The van der Waals surface area contributed by atoms with E-state index >= 15 is 0 Å². The quantitative estimate of drug-likeness (QED) is 0.520. The van der Waals surface area contributed by atoms with Gasteiger partial charge in [0.2, 0.25) is 0 Å². The Bertz CT molecular complexity index is 796. The van der Waals surface area contributed by atoms with E-state index in [1.807, 2.05) is 24.3 Å². The van der Waals surface area contributed by atoms with Crippen molar-refractivity contribution in [2.24, 2.45) is 0 Å². The number of hydrogen-bond acceptors (Lipinski definition) is 0. The molecule has 0 atom stereocenters. The van der Waals surface area contributed by atoms with E-state index in [1.165, 1.54) is 17.7 Å². The lowest BCUT2D eigenvalue weighted by Gasteiger charge is -2.08. The molecule has 0 saturated heterocycles. The SMILES string of the molecule is Cc1ccc(-c2ccc(-c3ccc(CC(F)(F)F)cc3)cc2)cc1. The molecule has 24 heavy (non-hydrogen) atoms. The van der Waals surface area contributed by atoms with Crippen molar-refractivity contribution in [3.63, 3.8) is 0 Å². The lowest BCUT2D eigenvalue weighted by atomic mass is 9.99. The molecule has 0 fully saturated rings. The molecule has 0 spiro atoms. The Morgan fingerprint density at radius 1 is 0.583 bits per heavy atom. The zero-order chi connectivity index (χ0) is 17.2. The zero-order valence-corrected chi connectivity index (χ0v) is 13.3. The molecule has 0 amide bonds. The van der Waals surface area contributed by atoms with Crippen LogP contribution in [0.15, 0.2) is 72.8 Å². The third-order valence-corrected chi connectivity index (χ3v) is 3.96. The van der Waals surface area contributed by atoms with E-state index in [2.05, 4.69) is 31.2 Å². The monoisotopic (exact) mass is 326 g/mol. The van der Waals surface area contributed by atoms with Gasteiger partial charge in [0, 0.05) is 0 Å². The lowest BCUT2D eigenvalue weighted by Crippen LogP contribution is -2.11. The van der Waals surface area contributed by atoms with Gasteiger partial charge in [-0.05, 0) is 34.7 Å². The highest BCUT2D eigenvalue weighted by molar-refractivity contribution is 5.70. The molecule has 122 valence electrons. The Kier molecular flexibility index (Phi) is 4.43. The normalized spacial score (nSPS) is 11.5. The van der Waals surface area contributed by atoms with Crippen molar-refractivity contribution in [1.29, 1.82) is 0 Å². The standard InChI is InChI=1S/C21H17F3/c1-15-2-6-17(7-3-15)19-10-12-20(13-11-19)18-8-4-16(5-9-18)14-21(22,23)24/h2-13H,14H2,1H3. The number of hydrogen-bond donors (Lipinski definition) is 0. The molecule has 3 aromatic rings. The summed E-state index contributed by atoms with van der Waals surface area (Å²) in [7, 11) is 0. The van der Waals surface area contributed by atoms with Gasteiger partial charge in [0.05, 0.1) is 6.42 Å². The third-order valence-electron chi connectivity index (χ3n) is 3.96. The van der Waals surface area contributed by atoms with E-state index in [-0.39, 0.29) is 5.56 Å². The average molecular weight is 326 g/mol. The first kappa shape index (κ1) is 16.3. The molecule has 0 saturated carbocycles. The fourth-order valence-corrected chi connectivity index (χ4v) is 2.65. The van der Waals surface area contributed by atoms with Gasteiger partial charge in [0.1, 0.15) is 0 Å². The second kappa shape index (κ2) is 6.52. The maximum atomic E-state index is 12.4. The molecule has 0 unspecified atom stereocenters. The summed E-state index contributed by atoms with van der Waals surface area (Å²) in [4.78, 5) is 0. The molecule has 0 radical (unpaired) electrons. The number of alkyl halides is 3. The molecule has 0 N–H and O–H groups in total. The first-order valence-corrected chi connectivity index (χ1v) is 7.74. The van der Waals surface area contributed by atoms with Gasteiger partial charge in [0.15, 0.2) is 0 Å². The van der Waals surface area contributed by atoms with Gasteiger partial charge >= 0.3 is 6.18 Å². The van der Waals surface area contributed by atoms with Crippen molar-refractivity contribution < 1.29 is 13.2 Å². The maximum Gasteiger partial charge on any atom is 0.393 e. The summed E-state index contributed by atoms with van der Waals surface area (Å²) in [5, 5.41) is 0. The number of rotatable bonds is 3. The number of benzene rings is 3. The van der Waals surface area contributed by atoms with Crippen molar-refractivity contribution in [1.82, 2.24) is 0 Å². The van der Waals surface area contributed by atoms with E-state index in [1.54, 1.807) is 12.1 Å². The number of aryl methyl sites for hydroxylation is 1. The van der Waals surface area contributed by atoms with Crippen LogP contribution in [0.25, 0.3) is 22.3 Å². The van der Waals surface area contributed by atoms with Crippen LogP contribution in [-0.2, 0) is 6.42 Å². The van der Waals surface area contributed by atoms with Crippen LogP contribution in [0.4, 0.5) is 13.2 Å². The zero-order valence-electron chi connectivity index (χ0n) is 13.3. The predicted molar refractivity (Wildman–Crippen MR) is 91.8 cm³/mol. The van der Waals surface area contributed by atoms with Crippen molar-refractivity contribution in [3.8, 4) is 22.3 Å². The van der Waals surface area contributed by atoms with Gasteiger partial charge in [0.25, 0.3) is 0 Å². The molecule has 3 heteroatoms. The van der Waals surface area contributed by atoms with Crippen LogP contribution in [0.1, 0.15) is 11.1 Å². The minimum Gasteiger partial charge on any atom is -0.171 e. The van der Waals surface area contributed by atoms with Crippen molar-refractivity contribution in [2.75, 3.05) is 0 Å². The Hall–Kier alpha value is -2.55. The fraction of sp³-hybridized carbons (Fsp3) is 0.143. The fourth-order valence-electron chi connectivity index (χ4n) is 2.65. The van der Waals surface area contributed by atoms with Crippen LogP contribution in [0, 0.1) is 6.92 Å². The Balaban J connectivity index is 1.79. The summed E-state index contributed by atoms with van der Waals surface area (Å²) in [6, 6.07) is 22.9. The van der Waals surface area contributed by atoms with Crippen LogP contribution in [0.3, 0.4) is 0 Å². The molecule has 0 nitrogen and oxygen atoms in total. The Morgan fingerprint density at radius 2 is 0.917 bits per heavy atom. The van der Waals surface area contributed by atoms with E-state index in [0.29, 0.717) is 0 Å². The second-order valence-electron chi connectivity index (χ2n) is 5.93. The van der Waals surface area contributed by atoms with Crippen molar-refractivity contribution >= 4 is 0 Å². The largest absolute Gasteiger partial charge is 0.393 e. The molecule has 0 aromatic heterocycles. The highest BCUT2D eigenvalue weighted by Crippen LogP contribution is 2.27. The van der Waals surface area contributed by atoms with E-state index < -0.39 is 12.6 Å². The molecule has 0 aliphatic rings. The van der Waals surface area contributed by atoms with Crippen LogP contribution in [-0.4, -0.2) is 6.18 Å². The van der Waals surface area contributed by atoms with E-state index in [9.17, 15) is 13.2 Å². The smallest absolute Gasteiger partial charge is 0.171 e. The van der Waals surface area contributed by atoms with Gasteiger partial charge in [-0.2, -0.15) is 13.2 Å². The van der Waals surface area contributed by atoms with Crippen LogP contribution in [0.2, 0.25) is 0 Å². The third kappa shape index (κ3) is 4.05. The highest BCUT2D eigenvalue weighted by atomic mass is 19.4. The van der Waals surface area contributed by atoms with E-state index in [0.717, 1.165) is 22.3 Å². The summed E-state index contributed by atoms with van der Waals surface area (Å²) in [6.07, 6.45) is -5.06. The molecular formula is C21H17F3.